The number of carbonyl (C=O) groups is 2. The van der Waals surface area contributed by atoms with Gasteiger partial charge in [-0.2, -0.15) is 0 Å². The van der Waals surface area contributed by atoms with Crippen molar-refractivity contribution in [2.24, 2.45) is 5.92 Å². The van der Waals surface area contributed by atoms with Crippen molar-refractivity contribution in [2.45, 2.75) is 25.7 Å². The fraction of sp³-hybridized carbons (Fsp3) is 0.538. The van der Waals surface area contributed by atoms with Crippen LogP contribution in [0.5, 0.6) is 0 Å². The lowest BCUT2D eigenvalue weighted by atomic mass is 10.1. The van der Waals surface area contributed by atoms with Crippen LogP contribution in [0.3, 0.4) is 0 Å². The molecule has 0 atom stereocenters. The van der Waals surface area contributed by atoms with Crippen LogP contribution < -0.4 is 0 Å². The van der Waals surface area contributed by atoms with E-state index < -0.39 is 5.97 Å². The smallest absolute Gasteiger partial charge is 0.371 e. The molecule has 0 spiro atoms. The van der Waals surface area contributed by atoms with E-state index in [9.17, 15) is 9.59 Å². The van der Waals surface area contributed by atoms with Gasteiger partial charge in [-0.15, -0.1) is 0 Å². The normalized spacial score (nSPS) is 15.8. The maximum atomic E-state index is 12.0. The van der Waals surface area contributed by atoms with Crippen molar-refractivity contribution in [3.63, 3.8) is 0 Å². The van der Waals surface area contributed by atoms with E-state index in [1.807, 2.05) is 0 Å². The lowest BCUT2D eigenvalue weighted by Crippen LogP contribution is -2.30. The van der Waals surface area contributed by atoms with Gasteiger partial charge >= 0.3 is 5.97 Å². The number of carboxylic acids is 1. The van der Waals surface area contributed by atoms with Crippen LogP contribution in [-0.2, 0) is 0 Å². The second-order valence-electron chi connectivity index (χ2n) is 4.81. The van der Waals surface area contributed by atoms with Crippen LogP contribution in [0.2, 0.25) is 0 Å². The Bertz CT molecular complexity index is 446. The van der Waals surface area contributed by atoms with E-state index in [1.165, 1.54) is 25.0 Å². The fourth-order valence-electron chi connectivity index (χ4n) is 2.42. The molecular weight excluding hydrogens is 234 g/mol. The lowest BCUT2D eigenvalue weighted by molar-refractivity contribution is 0.0651. The number of hydrogen-bond donors (Lipinski definition) is 1. The summed E-state index contributed by atoms with van der Waals surface area (Å²) in [7, 11) is 1.73. The minimum absolute atomic E-state index is 0.0906. The first kappa shape index (κ1) is 12.7. The molecule has 1 aromatic rings. The number of nitrogens with zero attached hydrogens (tertiary/aromatic N) is 1. The molecule has 5 heteroatoms. The number of hydrogen-bond acceptors (Lipinski definition) is 3. The maximum absolute atomic E-state index is 12.0. The van der Waals surface area contributed by atoms with Gasteiger partial charge in [0.1, 0.15) is 0 Å². The molecule has 0 radical (unpaired) electrons. The molecule has 1 fully saturated rings. The second-order valence-corrected chi connectivity index (χ2v) is 4.81. The molecule has 0 aromatic carbocycles. The second kappa shape index (κ2) is 5.25. The number of rotatable bonds is 4. The number of amides is 1. The Kier molecular flexibility index (Phi) is 3.69. The highest BCUT2D eigenvalue weighted by molar-refractivity contribution is 5.93. The first-order chi connectivity index (χ1) is 8.58. The molecule has 2 rings (SSSR count). The fourth-order valence-corrected chi connectivity index (χ4v) is 2.42. The van der Waals surface area contributed by atoms with E-state index in [1.54, 1.807) is 11.9 Å². The van der Waals surface area contributed by atoms with Crippen molar-refractivity contribution in [1.29, 1.82) is 0 Å². The van der Waals surface area contributed by atoms with Crippen molar-refractivity contribution < 1.29 is 19.1 Å². The van der Waals surface area contributed by atoms with Crippen molar-refractivity contribution in [1.82, 2.24) is 4.90 Å². The zero-order chi connectivity index (χ0) is 13.1. The minimum Gasteiger partial charge on any atom is -0.475 e. The summed E-state index contributed by atoms with van der Waals surface area (Å²) < 4.78 is 5.00. The van der Waals surface area contributed by atoms with Crippen LogP contribution in [0.25, 0.3) is 0 Å². The van der Waals surface area contributed by atoms with Gasteiger partial charge in [0.15, 0.2) is 5.76 Å². The van der Waals surface area contributed by atoms with Gasteiger partial charge in [0.25, 0.3) is 5.91 Å². The third kappa shape index (κ3) is 2.72. The largest absolute Gasteiger partial charge is 0.475 e. The van der Waals surface area contributed by atoms with E-state index in [0.29, 0.717) is 12.5 Å². The van der Waals surface area contributed by atoms with E-state index in [2.05, 4.69) is 0 Å². The monoisotopic (exact) mass is 251 g/mol. The summed E-state index contributed by atoms with van der Waals surface area (Å²) >= 11 is 0. The molecule has 0 unspecified atom stereocenters. The van der Waals surface area contributed by atoms with Crippen molar-refractivity contribution in [2.75, 3.05) is 13.6 Å². The molecular formula is C13H17NO4. The third-order valence-electron chi connectivity index (χ3n) is 3.38. The highest BCUT2D eigenvalue weighted by Gasteiger charge is 2.22. The predicted octanol–water partition coefficient (Wildman–Crippen LogP) is 2.24. The molecule has 1 saturated carbocycles. The van der Waals surface area contributed by atoms with Gasteiger partial charge in [0.05, 0.1) is 0 Å². The van der Waals surface area contributed by atoms with Crippen LogP contribution in [-0.4, -0.2) is 35.5 Å². The van der Waals surface area contributed by atoms with Crippen molar-refractivity contribution in [3.8, 4) is 0 Å². The summed E-state index contributed by atoms with van der Waals surface area (Å²) in [5, 5.41) is 8.73. The maximum Gasteiger partial charge on any atom is 0.371 e. The number of carbonyl (C=O) groups excluding carboxylic acids is 1. The van der Waals surface area contributed by atoms with Crippen LogP contribution >= 0.6 is 0 Å². The van der Waals surface area contributed by atoms with Gasteiger partial charge in [0, 0.05) is 13.6 Å². The SMILES string of the molecule is CN(CC1CCCC1)C(=O)c1ccc(C(=O)O)o1. The Balaban J connectivity index is 1.98. The molecule has 1 aromatic heterocycles. The molecule has 5 nitrogen and oxygen atoms in total. The van der Waals surface area contributed by atoms with E-state index in [-0.39, 0.29) is 17.4 Å². The molecule has 0 aliphatic heterocycles. The third-order valence-corrected chi connectivity index (χ3v) is 3.38. The molecule has 1 amide bonds. The van der Waals surface area contributed by atoms with Gasteiger partial charge in [-0.05, 0) is 30.9 Å². The van der Waals surface area contributed by atoms with Crippen molar-refractivity contribution in [3.05, 3.63) is 23.7 Å². The molecule has 1 aliphatic carbocycles. The summed E-state index contributed by atoms with van der Waals surface area (Å²) in [6, 6.07) is 2.72. The van der Waals surface area contributed by atoms with Gasteiger partial charge in [-0.3, -0.25) is 4.79 Å². The standard InChI is InChI=1S/C13H17NO4/c1-14(8-9-4-2-3-5-9)12(15)10-6-7-11(18-10)13(16)17/h6-7,9H,2-5,8H2,1H3,(H,16,17). The Labute approximate surface area is 105 Å². The highest BCUT2D eigenvalue weighted by atomic mass is 16.4. The summed E-state index contributed by atoms with van der Waals surface area (Å²) in [4.78, 5) is 24.3. The van der Waals surface area contributed by atoms with E-state index in [4.69, 9.17) is 9.52 Å². The van der Waals surface area contributed by atoms with E-state index >= 15 is 0 Å². The van der Waals surface area contributed by atoms with Gasteiger partial charge in [-0.25, -0.2) is 4.79 Å². The lowest BCUT2D eigenvalue weighted by Gasteiger charge is -2.19. The molecule has 1 N–H and O–H groups in total. The Morgan fingerprint density at radius 2 is 1.94 bits per heavy atom. The zero-order valence-corrected chi connectivity index (χ0v) is 10.4. The molecule has 1 heterocycles. The summed E-state index contributed by atoms with van der Waals surface area (Å²) in [5.74, 6) is -0.963. The van der Waals surface area contributed by atoms with Crippen LogP contribution in [0.4, 0.5) is 0 Å². The average molecular weight is 251 g/mol. The first-order valence-corrected chi connectivity index (χ1v) is 6.16. The minimum atomic E-state index is -1.16. The Morgan fingerprint density at radius 1 is 1.33 bits per heavy atom. The number of aromatic carboxylic acids is 1. The molecule has 98 valence electrons. The van der Waals surface area contributed by atoms with E-state index in [0.717, 1.165) is 12.8 Å². The van der Waals surface area contributed by atoms with Crippen LogP contribution in [0.15, 0.2) is 16.5 Å². The topological polar surface area (TPSA) is 70.8 Å². The van der Waals surface area contributed by atoms with Crippen molar-refractivity contribution >= 4 is 11.9 Å². The molecule has 1 aliphatic rings. The average Bonchev–Trinajstić information content (AvgIpc) is 2.98. The quantitative estimate of drug-likeness (QED) is 0.890. The van der Waals surface area contributed by atoms with Gasteiger partial charge in [0.2, 0.25) is 5.76 Å². The van der Waals surface area contributed by atoms with Gasteiger partial charge in [-0.1, -0.05) is 12.8 Å². The molecule has 0 saturated heterocycles. The summed E-state index contributed by atoms with van der Waals surface area (Å²) in [6.45, 7) is 0.710. The number of carboxylic acid groups (broad SMARTS) is 1. The first-order valence-electron chi connectivity index (χ1n) is 6.16. The molecule has 0 bridgehead atoms. The molecule has 18 heavy (non-hydrogen) atoms. The van der Waals surface area contributed by atoms with Crippen LogP contribution in [0.1, 0.15) is 46.8 Å². The number of furan rings is 1. The Hall–Kier alpha value is -1.78. The Morgan fingerprint density at radius 3 is 2.50 bits per heavy atom. The summed E-state index contributed by atoms with van der Waals surface area (Å²) in [6.07, 6.45) is 4.79. The van der Waals surface area contributed by atoms with Crippen LogP contribution in [0, 0.1) is 5.92 Å². The zero-order valence-electron chi connectivity index (χ0n) is 10.4. The predicted molar refractivity (Wildman–Crippen MR) is 64.6 cm³/mol. The summed E-state index contributed by atoms with van der Waals surface area (Å²) in [5.41, 5.74) is 0. The highest BCUT2D eigenvalue weighted by Crippen LogP contribution is 2.25. The van der Waals surface area contributed by atoms with Gasteiger partial charge < -0.3 is 14.4 Å².